The third kappa shape index (κ3) is 6.78. The number of benzene rings is 2. The van der Waals surface area contributed by atoms with Crippen LogP contribution in [0.3, 0.4) is 0 Å². The van der Waals surface area contributed by atoms with E-state index in [-0.39, 0.29) is 17.6 Å². The predicted molar refractivity (Wildman–Crippen MR) is 107 cm³/mol. The molecule has 0 atom stereocenters. The summed E-state index contributed by atoms with van der Waals surface area (Å²) in [6, 6.07) is 14.2. The summed E-state index contributed by atoms with van der Waals surface area (Å²) in [5.74, 6) is 0.739. The van der Waals surface area contributed by atoms with Crippen molar-refractivity contribution >= 4 is 40.5 Å². The molecule has 3 N–H and O–H groups in total. The lowest BCUT2D eigenvalue weighted by Crippen LogP contribution is -2.45. The molecule has 0 heterocycles. The van der Waals surface area contributed by atoms with Gasteiger partial charge >= 0.3 is 0 Å². The van der Waals surface area contributed by atoms with E-state index >= 15 is 0 Å². The van der Waals surface area contributed by atoms with Gasteiger partial charge in [0.15, 0.2) is 23.2 Å². The topological polar surface area (TPSA) is 71.6 Å². The Morgan fingerprint density at radius 3 is 2.35 bits per heavy atom. The maximum Gasteiger partial charge on any atom is 0.276 e. The van der Waals surface area contributed by atoms with Gasteiger partial charge in [-0.25, -0.2) is 0 Å². The molecular formula is C18H20ClN3O3S. The van der Waals surface area contributed by atoms with Crippen LogP contribution in [0, 0.1) is 0 Å². The van der Waals surface area contributed by atoms with E-state index in [9.17, 15) is 4.79 Å². The second-order valence-corrected chi connectivity index (χ2v) is 6.06. The van der Waals surface area contributed by atoms with E-state index in [0.29, 0.717) is 23.1 Å². The molecule has 0 unspecified atom stereocenters. The molecule has 0 saturated carbocycles. The lowest BCUT2D eigenvalue weighted by molar-refractivity contribution is -0.123. The lowest BCUT2D eigenvalue weighted by Gasteiger charge is -2.14. The Labute approximate surface area is 162 Å². The SMILES string of the molecule is CCCOc1ccccc1OCC(=O)NNC(=S)Nc1ccc(Cl)cc1. The van der Waals surface area contributed by atoms with Crippen molar-refractivity contribution in [2.45, 2.75) is 13.3 Å². The summed E-state index contributed by atoms with van der Waals surface area (Å²) in [5.41, 5.74) is 5.82. The highest BCUT2D eigenvalue weighted by Crippen LogP contribution is 2.26. The maximum absolute atomic E-state index is 11.9. The summed E-state index contributed by atoms with van der Waals surface area (Å²) in [5, 5.41) is 3.79. The number of amides is 1. The minimum absolute atomic E-state index is 0.178. The third-order valence-electron chi connectivity index (χ3n) is 3.09. The molecule has 0 saturated heterocycles. The van der Waals surface area contributed by atoms with Crippen LogP contribution >= 0.6 is 23.8 Å². The number of para-hydroxylation sites is 2. The minimum atomic E-state index is -0.379. The van der Waals surface area contributed by atoms with Crippen molar-refractivity contribution in [3.8, 4) is 11.5 Å². The summed E-state index contributed by atoms with van der Waals surface area (Å²) >= 11 is 10.9. The molecule has 0 bridgehead atoms. The zero-order valence-electron chi connectivity index (χ0n) is 14.3. The fraction of sp³-hybridized carbons (Fsp3) is 0.222. The number of halogens is 1. The van der Waals surface area contributed by atoms with Crippen molar-refractivity contribution < 1.29 is 14.3 Å². The predicted octanol–water partition coefficient (Wildman–Crippen LogP) is 3.53. The van der Waals surface area contributed by atoms with Crippen molar-refractivity contribution in [1.29, 1.82) is 0 Å². The fourth-order valence-corrected chi connectivity index (χ4v) is 2.20. The molecule has 2 aromatic carbocycles. The smallest absolute Gasteiger partial charge is 0.276 e. The number of anilines is 1. The first-order valence-electron chi connectivity index (χ1n) is 8.04. The number of rotatable bonds is 7. The van der Waals surface area contributed by atoms with E-state index in [2.05, 4.69) is 16.2 Å². The van der Waals surface area contributed by atoms with E-state index in [1.165, 1.54) is 0 Å². The summed E-state index contributed by atoms with van der Waals surface area (Å²) in [6.07, 6.45) is 0.886. The summed E-state index contributed by atoms with van der Waals surface area (Å²) < 4.78 is 11.1. The Kier molecular flexibility index (Phi) is 7.98. The summed E-state index contributed by atoms with van der Waals surface area (Å²) in [4.78, 5) is 11.9. The number of ether oxygens (including phenoxy) is 2. The molecule has 0 radical (unpaired) electrons. The zero-order chi connectivity index (χ0) is 18.8. The van der Waals surface area contributed by atoms with Gasteiger partial charge in [0.05, 0.1) is 6.61 Å². The van der Waals surface area contributed by atoms with Crippen LogP contribution in [0.4, 0.5) is 5.69 Å². The zero-order valence-corrected chi connectivity index (χ0v) is 15.8. The van der Waals surface area contributed by atoms with Gasteiger partial charge in [-0.05, 0) is 55.0 Å². The fourth-order valence-electron chi connectivity index (χ4n) is 1.90. The molecule has 0 aliphatic carbocycles. The van der Waals surface area contributed by atoms with E-state index in [0.717, 1.165) is 12.1 Å². The average molecular weight is 394 g/mol. The molecule has 0 fully saturated rings. The van der Waals surface area contributed by atoms with Crippen molar-refractivity contribution in [1.82, 2.24) is 10.9 Å². The minimum Gasteiger partial charge on any atom is -0.490 e. The monoisotopic (exact) mass is 393 g/mol. The molecule has 0 aliphatic rings. The number of carbonyl (C=O) groups is 1. The average Bonchev–Trinajstić information content (AvgIpc) is 2.65. The normalized spacial score (nSPS) is 9.92. The lowest BCUT2D eigenvalue weighted by atomic mass is 10.3. The first-order valence-corrected chi connectivity index (χ1v) is 8.83. The van der Waals surface area contributed by atoms with Gasteiger partial charge in [0.25, 0.3) is 5.91 Å². The van der Waals surface area contributed by atoms with Crippen LogP contribution in [-0.2, 0) is 4.79 Å². The van der Waals surface area contributed by atoms with Gasteiger partial charge in [-0.3, -0.25) is 15.6 Å². The second kappa shape index (κ2) is 10.5. The highest BCUT2D eigenvalue weighted by atomic mass is 35.5. The maximum atomic E-state index is 11.9. The molecule has 2 aromatic rings. The van der Waals surface area contributed by atoms with Crippen LogP contribution in [0.25, 0.3) is 0 Å². The number of carbonyl (C=O) groups excluding carboxylic acids is 1. The Hall–Kier alpha value is -2.51. The van der Waals surface area contributed by atoms with Crippen molar-refractivity contribution in [2.75, 3.05) is 18.5 Å². The molecule has 1 amide bonds. The van der Waals surface area contributed by atoms with Crippen LogP contribution in [0.15, 0.2) is 48.5 Å². The Balaban J connectivity index is 1.75. The van der Waals surface area contributed by atoms with Gasteiger partial charge in [-0.1, -0.05) is 30.7 Å². The molecular weight excluding hydrogens is 374 g/mol. The number of hydrogen-bond acceptors (Lipinski definition) is 4. The quantitative estimate of drug-likeness (QED) is 0.494. The largest absolute Gasteiger partial charge is 0.490 e. The van der Waals surface area contributed by atoms with Crippen LogP contribution in [-0.4, -0.2) is 24.2 Å². The second-order valence-electron chi connectivity index (χ2n) is 5.22. The van der Waals surface area contributed by atoms with E-state index in [1.54, 1.807) is 36.4 Å². The first-order chi connectivity index (χ1) is 12.6. The van der Waals surface area contributed by atoms with Crippen LogP contribution < -0.4 is 25.6 Å². The highest BCUT2D eigenvalue weighted by Gasteiger charge is 2.08. The summed E-state index contributed by atoms with van der Waals surface area (Å²) in [6.45, 7) is 2.42. The molecule has 0 aromatic heterocycles. The Morgan fingerprint density at radius 2 is 1.69 bits per heavy atom. The molecule has 0 aliphatic heterocycles. The molecule has 0 spiro atoms. The number of thiocarbonyl (C=S) groups is 1. The summed E-state index contributed by atoms with van der Waals surface area (Å²) in [7, 11) is 0. The third-order valence-corrected chi connectivity index (χ3v) is 3.54. The van der Waals surface area contributed by atoms with E-state index in [1.807, 2.05) is 19.1 Å². The number of nitrogens with one attached hydrogen (secondary N) is 3. The molecule has 8 heteroatoms. The molecule has 26 heavy (non-hydrogen) atoms. The Morgan fingerprint density at radius 1 is 1.04 bits per heavy atom. The standard InChI is InChI=1S/C18H20ClN3O3S/c1-2-11-24-15-5-3-4-6-16(15)25-12-17(23)21-22-18(26)20-14-9-7-13(19)8-10-14/h3-10H,2,11-12H2,1H3,(H,21,23)(H2,20,22,26). The van der Waals surface area contributed by atoms with Gasteiger partial charge in [0.2, 0.25) is 0 Å². The van der Waals surface area contributed by atoms with Crippen LogP contribution in [0.5, 0.6) is 11.5 Å². The molecule has 138 valence electrons. The first kappa shape index (κ1) is 19.8. The van der Waals surface area contributed by atoms with Crippen molar-refractivity contribution in [3.05, 3.63) is 53.6 Å². The van der Waals surface area contributed by atoms with Crippen LogP contribution in [0.2, 0.25) is 5.02 Å². The van der Waals surface area contributed by atoms with Gasteiger partial charge in [0, 0.05) is 10.7 Å². The Bertz CT molecular complexity index is 741. The highest BCUT2D eigenvalue weighted by molar-refractivity contribution is 7.80. The van der Waals surface area contributed by atoms with Crippen LogP contribution in [0.1, 0.15) is 13.3 Å². The molecule has 2 rings (SSSR count). The van der Waals surface area contributed by atoms with Gasteiger partial charge in [-0.15, -0.1) is 0 Å². The molecule has 6 nitrogen and oxygen atoms in total. The van der Waals surface area contributed by atoms with E-state index < -0.39 is 0 Å². The number of hydrazine groups is 1. The van der Waals surface area contributed by atoms with Gasteiger partial charge < -0.3 is 14.8 Å². The van der Waals surface area contributed by atoms with Gasteiger partial charge in [-0.2, -0.15) is 0 Å². The van der Waals surface area contributed by atoms with Crippen molar-refractivity contribution in [3.63, 3.8) is 0 Å². The van der Waals surface area contributed by atoms with E-state index in [4.69, 9.17) is 33.3 Å². The van der Waals surface area contributed by atoms with Crippen molar-refractivity contribution in [2.24, 2.45) is 0 Å². The van der Waals surface area contributed by atoms with Gasteiger partial charge in [0.1, 0.15) is 0 Å². The number of hydrogen-bond donors (Lipinski definition) is 3.